The van der Waals surface area contributed by atoms with Crippen LogP contribution in [0.25, 0.3) is 22.2 Å². The monoisotopic (exact) mass is 546 g/mol. The van der Waals surface area contributed by atoms with Gasteiger partial charge in [0.2, 0.25) is 0 Å². The molecule has 3 aromatic rings. The van der Waals surface area contributed by atoms with Crippen LogP contribution in [0.15, 0.2) is 24.4 Å². The van der Waals surface area contributed by atoms with Crippen LogP contribution in [-0.2, 0) is 11.2 Å². The van der Waals surface area contributed by atoms with E-state index in [4.69, 9.17) is 25.2 Å². The van der Waals surface area contributed by atoms with Crippen LogP contribution in [0.1, 0.15) is 31.9 Å². The SMILES string of the molecule is CCc1nc2c(N)ncc(-c3ccc(N4CCC(N5CCN(C)CC5)CC4)c(OC)c3)c2nc1NC1CCOC1. The summed E-state index contributed by atoms with van der Waals surface area (Å²) in [4.78, 5) is 22.0. The molecule has 214 valence electrons. The summed E-state index contributed by atoms with van der Waals surface area (Å²) >= 11 is 0. The Morgan fingerprint density at radius 1 is 1.05 bits per heavy atom. The molecule has 40 heavy (non-hydrogen) atoms. The van der Waals surface area contributed by atoms with E-state index in [-0.39, 0.29) is 6.04 Å². The second-order valence-corrected chi connectivity index (χ2v) is 11.3. The molecule has 3 aliphatic rings. The molecule has 10 nitrogen and oxygen atoms in total. The Hall–Kier alpha value is -3.21. The number of likely N-dealkylation sites (N-methyl/N-ethyl adjacent to an activating group) is 1. The minimum atomic E-state index is 0.236. The Morgan fingerprint density at radius 3 is 2.55 bits per heavy atom. The summed E-state index contributed by atoms with van der Waals surface area (Å²) in [6.07, 6.45) is 5.86. The topological polar surface area (TPSA) is 105 Å². The van der Waals surface area contributed by atoms with Crippen LogP contribution in [0.3, 0.4) is 0 Å². The first-order chi connectivity index (χ1) is 19.5. The maximum absolute atomic E-state index is 6.30. The van der Waals surface area contributed by atoms with E-state index in [2.05, 4.69) is 57.2 Å². The number of piperazine rings is 1. The van der Waals surface area contributed by atoms with Crippen molar-refractivity contribution in [2.45, 2.75) is 44.7 Å². The molecule has 3 saturated heterocycles. The molecule has 5 heterocycles. The van der Waals surface area contributed by atoms with E-state index in [0.29, 0.717) is 24.0 Å². The molecule has 0 amide bonds. The van der Waals surface area contributed by atoms with E-state index in [9.17, 15) is 0 Å². The van der Waals surface area contributed by atoms with Gasteiger partial charge in [0, 0.05) is 63.7 Å². The Labute approximate surface area is 236 Å². The molecule has 0 aliphatic carbocycles. The maximum Gasteiger partial charge on any atom is 0.151 e. The molecule has 2 aromatic heterocycles. The molecule has 10 heteroatoms. The van der Waals surface area contributed by atoms with Gasteiger partial charge in [-0.3, -0.25) is 4.90 Å². The van der Waals surface area contributed by atoms with Crippen molar-refractivity contribution < 1.29 is 9.47 Å². The fourth-order valence-corrected chi connectivity index (χ4v) is 6.27. The molecule has 0 bridgehead atoms. The molecule has 6 rings (SSSR count). The second-order valence-electron chi connectivity index (χ2n) is 11.3. The predicted octanol–water partition coefficient (Wildman–Crippen LogP) is 3.26. The summed E-state index contributed by atoms with van der Waals surface area (Å²) in [6.45, 7) is 10.3. The van der Waals surface area contributed by atoms with Crippen molar-refractivity contribution in [3.63, 3.8) is 0 Å². The highest BCUT2D eigenvalue weighted by molar-refractivity contribution is 5.97. The van der Waals surface area contributed by atoms with Gasteiger partial charge in [0.25, 0.3) is 0 Å². The number of nitrogens with two attached hydrogens (primary N) is 1. The zero-order valence-corrected chi connectivity index (χ0v) is 24.0. The highest BCUT2D eigenvalue weighted by atomic mass is 16.5. The number of ether oxygens (including phenoxy) is 2. The molecule has 1 unspecified atom stereocenters. The van der Waals surface area contributed by atoms with Crippen molar-refractivity contribution in [3.05, 3.63) is 30.1 Å². The molecule has 0 saturated carbocycles. The van der Waals surface area contributed by atoms with Crippen LogP contribution < -0.4 is 20.7 Å². The molecule has 1 aromatic carbocycles. The van der Waals surface area contributed by atoms with E-state index in [1.54, 1.807) is 13.3 Å². The zero-order valence-electron chi connectivity index (χ0n) is 24.0. The number of hydrogen-bond donors (Lipinski definition) is 2. The van der Waals surface area contributed by atoms with E-state index in [0.717, 1.165) is 72.1 Å². The second kappa shape index (κ2) is 11.7. The van der Waals surface area contributed by atoms with Crippen LogP contribution in [-0.4, -0.2) is 103 Å². The summed E-state index contributed by atoms with van der Waals surface area (Å²) in [5.74, 6) is 2.05. The largest absolute Gasteiger partial charge is 0.495 e. The lowest BCUT2D eigenvalue weighted by Gasteiger charge is -2.42. The average molecular weight is 547 g/mol. The van der Waals surface area contributed by atoms with Crippen molar-refractivity contribution in [1.29, 1.82) is 0 Å². The number of rotatable bonds is 7. The van der Waals surface area contributed by atoms with Crippen molar-refractivity contribution >= 4 is 28.4 Å². The van der Waals surface area contributed by atoms with E-state index in [1.165, 1.54) is 39.0 Å². The minimum Gasteiger partial charge on any atom is -0.495 e. The van der Waals surface area contributed by atoms with Crippen LogP contribution >= 0.6 is 0 Å². The van der Waals surface area contributed by atoms with Crippen molar-refractivity contribution in [3.8, 4) is 16.9 Å². The van der Waals surface area contributed by atoms with Gasteiger partial charge < -0.3 is 30.3 Å². The number of aryl methyl sites for hydroxylation is 1. The van der Waals surface area contributed by atoms with Gasteiger partial charge in [-0.1, -0.05) is 13.0 Å². The number of anilines is 3. The third kappa shape index (κ3) is 5.40. The van der Waals surface area contributed by atoms with Gasteiger partial charge in [-0.25, -0.2) is 15.0 Å². The molecule has 0 spiro atoms. The van der Waals surface area contributed by atoms with Crippen molar-refractivity contribution in [2.75, 3.05) is 82.6 Å². The van der Waals surface area contributed by atoms with Crippen LogP contribution in [0.2, 0.25) is 0 Å². The predicted molar refractivity (Wildman–Crippen MR) is 160 cm³/mol. The lowest BCUT2D eigenvalue weighted by molar-refractivity contribution is 0.0981. The molecule has 0 radical (unpaired) electrons. The maximum atomic E-state index is 6.30. The summed E-state index contributed by atoms with van der Waals surface area (Å²) in [5.41, 5.74) is 11.6. The van der Waals surface area contributed by atoms with Gasteiger partial charge in [0.05, 0.1) is 31.1 Å². The number of nitrogens with one attached hydrogen (secondary N) is 1. The number of fused-ring (bicyclic) bond motifs is 1. The lowest BCUT2D eigenvalue weighted by Crippen LogP contribution is -2.52. The standard InChI is InChI=1S/C30H42N8O2/c1-4-24-30(33-21-9-16-40-19-21)35-27-23(18-32-29(31)28(27)34-24)20-5-6-25(26(17-20)39-3)38-10-7-22(8-11-38)37-14-12-36(2)13-15-37/h5-6,17-18,21-22H,4,7-16,19H2,1-3H3,(H2,31,32)(H,33,35). The minimum absolute atomic E-state index is 0.236. The Bertz CT molecular complexity index is 1330. The number of benzene rings is 1. The number of nitrogens with zero attached hydrogens (tertiary/aromatic N) is 6. The van der Waals surface area contributed by atoms with Gasteiger partial charge in [0.15, 0.2) is 5.82 Å². The molecular formula is C30H42N8O2. The summed E-state index contributed by atoms with van der Waals surface area (Å²) < 4.78 is 11.5. The first kappa shape index (κ1) is 27.0. The van der Waals surface area contributed by atoms with E-state index in [1.807, 2.05) is 0 Å². The summed E-state index contributed by atoms with van der Waals surface area (Å²) in [5, 5.41) is 3.56. The number of pyridine rings is 1. The van der Waals surface area contributed by atoms with Crippen molar-refractivity contribution in [1.82, 2.24) is 24.8 Å². The molecule has 3 N–H and O–H groups in total. The van der Waals surface area contributed by atoms with Crippen molar-refractivity contribution in [2.24, 2.45) is 0 Å². The summed E-state index contributed by atoms with van der Waals surface area (Å²) in [6, 6.07) is 7.33. The first-order valence-electron chi connectivity index (χ1n) is 14.7. The Morgan fingerprint density at radius 2 is 1.85 bits per heavy atom. The zero-order chi connectivity index (χ0) is 27.6. The smallest absolute Gasteiger partial charge is 0.151 e. The highest BCUT2D eigenvalue weighted by Crippen LogP contribution is 2.38. The molecule has 3 aliphatic heterocycles. The van der Waals surface area contributed by atoms with Gasteiger partial charge in [-0.2, -0.15) is 0 Å². The molecule has 3 fully saturated rings. The number of piperidine rings is 1. The van der Waals surface area contributed by atoms with Gasteiger partial charge in [0.1, 0.15) is 22.6 Å². The molecule has 1 atom stereocenters. The quantitative estimate of drug-likeness (QED) is 0.459. The normalized spacial score (nSPS) is 21.3. The third-order valence-electron chi connectivity index (χ3n) is 8.75. The fraction of sp³-hybridized carbons (Fsp3) is 0.567. The number of aromatic nitrogens is 3. The van der Waals surface area contributed by atoms with Gasteiger partial charge in [-0.15, -0.1) is 0 Å². The van der Waals surface area contributed by atoms with Crippen LogP contribution in [0.4, 0.5) is 17.3 Å². The average Bonchev–Trinajstić information content (AvgIpc) is 3.50. The third-order valence-corrected chi connectivity index (χ3v) is 8.75. The van der Waals surface area contributed by atoms with Crippen LogP contribution in [0, 0.1) is 0 Å². The molecular weight excluding hydrogens is 504 g/mol. The van der Waals surface area contributed by atoms with Crippen LogP contribution in [0.5, 0.6) is 5.75 Å². The Kier molecular flexibility index (Phi) is 7.91. The summed E-state index contributed by atoms with van der Waals surface area (Å²) in [7, 11) is 3.97. The number of nitrogen functional groups attached to an aromatic ring is 1. The Balaban J connectivity index is 1.27. The highest BCUT2D eigenvalue weighted by Gasteiger charge is 2.28. The first-order valence-corrected chi connectivity index (χ1v) is 14.7. The van der Waals surface area contributed by atoms with Gasteiger partial charge >= 0.3 is 0 Å². The lowest BCUT2D eigenvalue weighted by atomic mass is 10.00. The number of hydrogen-bond acceptors (Lipinski definition) is 10. The number of methoxy groups -OCH3 is 1. The fourth-order valence-electron chi connectivity index (χ4n) is 6.27. The van der Waals surface area contributed by atoms with E-state index >= 15 is 0 Å². The van der Waals surface area contributed by atoms with E-state index < -0.39 is 0 Å². The van der Waals surface area contributed by atoms with Gasteiger partial charge in [-0.05, 0) is 50.4 Å².